The first-order valence-electron chi connectivity index (χ1n) is 6.94. The lowest BCUT2D eigenvalue weighted by atomic mass is 10.2. The molecule has 0 fully saturated rings. The summed E-state index contributed by atoms with van der Waals surface area (Å²) in [4.78, 5) is 18.4. The maximum atomic E-state index is 11.6. The number of aromatic amines is 1. The van der Waals surface area contributed by atoms with Gasteiger partial charge < -0.3 is 9.84 Å². The molecule has 0 amide bonds. The fraction of sp³-hybridized carbons (Fsp3) is 0.267. The van der Waals surface area contributed by atoms with Crippen LogP contribution >= 0.6 is 11.6 Å². The number of hydrazone groups is 1. The van der Waals surface area contributed by atoms with E-state index >= 15 is 0 Å². The van der Waals surface area contributed by atoms with Gasteiger partial charge in [0.15, 0.2) is 11.5 Å². The highest BCUT2D eigenvalue weighted by molar-refractivity contribution is 6.32. The van der Waals surface area contributed by atoms with Crippen molar-refractivity contribution < 1.29 is 9.84 Å². The van der Waals surface area contributed by atoms with Gasteiger partial charge in [-0.1, -0.05) is 11.6 Å². The Hall–Kier alpha value is -2.54. The third-order valence-corrected chi connectivity index (χ3v) is 3.42. The first-order chi connectivity index (χ1) is 10.9. The van der Waals surface area contributed by atoms with Crippen molar-refractivity contribution in [3.05, 3.63) is 44.3 Å². The quantitative estimate of drug-likeness (QED) is 0.575. The molecule has 1 heterocycles. The third kappa shape index (κ3) is 4.01. The van der Waals surface area contributed by atoms with Crippen LogP contribution in [0.5, 0.6) is 11.5 Å². The van der Waals surface area contributed by atoms with E-state index in [1.54, 1.807) is 32.9 Å². The van der Waals surface area contributed by atoms with Crippen molar-refractivity contribution in [3.63, 3.8) is 0 Å². The molecule has 2 aromatic rings. The highest BCUT2D eigenvalue weighted by Gasteiger charge is 2.08. The summed E-state index contributed by atoms with van der Waals surface area (Å²) >= 11 is 5.94. The first-order valence-corrected chi connectivity index (χ1v) is 7.32. The number of benzene rings is 1. The van der Waals surface area contributed by atoms with Gasteiger partial charge in [0.05, 0.1) is 17.8 Å². The maximum absolute atomic E-state index is 11.6. The van der Waals surface area contributed by atoms with Gasteiger partial charge in [0.2, 0.25) is 5.95 Å². The number of aryl methyl sites for hydroxylation is 1. The molecule has 23 heavy (non-hydrogen) atoms. The minimum absolute atomic E-state index is 0.112. The summed E-state index contributed by atoms with van der Waals surface area (Å²) in [5.74, 6) is 0.405. The maximum Gasteiger partial charge on any atom is 0.255 e. The van der Waals surface area contributed by atoms with Crippen molar-refractivity contribution in [1.82, 2.24) is 9.97 Å². The monoisotopic (exact) mass is 336 g/mol. The minimum atomic E-state index is -0.221. The minimum Gasteiger partial charge on any atom is -0.503 e. The molecule has 0 aliphatic carbocycles. The van der Waals surface area contributed by atoms with E-state index in [1.165, 1.54) is 6.21 Å². The van der Waals surface area contributed by atoms with Gasteiger partial charge in [-0.05, 0) is 38.5 Å². The zero-order chi connectivity index (χ0) is 17.0. The second-order valence-electron chi connectivity index (χ2n) is 4.78. The number of hydrogen-bond donors (Lipinski definition) is 3. The van der Waals surface area contributed by atoms with Crippen molar-refractivity contribution in [3.8, 4) is 11.5 Å². The smallest absolute Gasteiger partial charge is 0.255 e. The number of phenolic OH excluding ortho intramolecular Hbond substituents is 1. The van der Waals surface area contributed by atoms with Gasteiger partial charge in [-0.25, -0.2) is 10.4 Å². The Morgan fingerprint density at radius 1 is 1.48 bits per heavy atom. The number of aromatic nitrogens is 2. The van der Waals surface area contributed by atoms with E-state index in [9.17, 15) is 9.90 Å². The van der Waals surface area contributed by atoms with Crippen LogP contribution in [0.25, 0.3) is 0 Å². The van der Waals surface area contributed by atoms with Gasteiger partial charge in [0.25, 0.3) is 5.56 Å². The Morgan fingerprint density at radius 3 is 2.87 bits per heavy atom. The van der Waals surface area contributed by atoms with Crippen LogP contribution in [-0.4, -0.2) is 27.9 Å². The number of ether oxygens (including phenoxy) is 1. The molecule has 1 aromatic heterocycles. The molecule has 0 spiro atoms. The number of rotatable bonds is 5. The fourth-order valence-electron chi connectivity index (χ4n) is 1.80. The summed E-state index contributed by atoms with van der Waals surface area (Å²) in [6.45, 7) is 5.64. The molecule has 0 bridgehead atoms. The largest absolute Gasteiger partial charge is 0.503 e. The molecule has 8 heteroatoms. The van der Waals surface area contributed by atoms with Crippen molar-refractivity contribution in [2.45, 2.75) is 20.8 Å². The average molecular weight is 337 g/mol. The molecule has 0 atom stereocenters. The zero-order valence-corrected chi connectivity index (χ0v) is 13.7. The number of phenols is 1. The second-order valence-corrected chi connectivity index (χ2v) is 5.18. The van der Waals surface area contributed by atoms with Crippen molar-refractivity contribution in [2.24, 2.45) is 5.10 Å². The van der Waals surface area contributed by atoms with E-state index in [-0.39, 0.29) is 28.0 Å². The molecule has 0 saturated carbocycles. The molecule has 1 aromatic carbocycles. The molecule has 2 rings (SSSR count). The molecular weight excluding hydrogens is 320 g/mol. The topological polar surface area (TPSA) is 99.6 Å². The lowest BCUT2D eigenvalue weighted by Gasteiger charge is -2.08. The summed E-state index contributed by atoms with van der Waals surface area (Å²) in [7, 11) is 0. The van der Waals surface area contributed by atoms with E-state index in [4.69, 9.17) is 16.3 Å². The van der Waals surface area contributed by atoms with Crippen molar-refractivity contribution >= 4 is 23.8 Å². The summed E-state index contributed by atoms with van der Waals surface area (Å²) < 4.78 is 5.29. The van der Waals surface area contributed by atoms with Crippen molar-refractivity contribution in [2.75, 3.05) is 12.0 Å². The molecule has 3 N–H and O–H groups in total. The number of halogens is 1. The Morgan fingerprint density at radius 2 is 2.22 bits per heavy atom. The van der Waals surface area contributed by atoms with Crippen LogP contribution in [0.3, 0.4) is 0 Å². The molecule has 122 valence electrons. The number of nitrogens with one attached hydrogen (secondary N) is 2. The van der Waals surface area contributed by atoms with E-state index in [0.717, 1.165) is 0 Å². The van der Waals surface area contributed by atoms with Gasteiger partial charge in [0, 0.05) is 11.3 Å². The zero-order valence-electron chi connectivity index (χ0n) is 13.0. The van der Waals surface area contributed by atoms with E-state index in [0.29, 0.717) is 23.4 Å². The number of aromatic hydroxyl groups is 1. The van der Waals surface area contributed by atoms with Crippen LogP contribution in [0.15, 0.2) is 22.0 Å². The summed E-state index contributed by atoms with van der Waals surface area (Å²) in [6, 6.07) is 3.15. The highest BCUT2D eigenvalue weighted by Crippen LogP contribution is 2.34. The lowest BCUT2D eigenvalue weighted by Crippen LogP contribution is -2.15. The summed E-state index contributed by atoms with van der Waals surface area (Å²) in [5, 5.41) is 13.9. The standard InChI is InChI=1S/C15H17ClN4O3/c1-4-23-12-6-10(5-11(16)13(12)21)7-17-20-15-18-9(3)8(2)14(22)19-15/h5-7,21H,4H2,1-3H3,(H2,18,19,20,22)/b17-7-. The Bertz CT molecular complexity index is 802. The summed E-state index contributed by atoms with van der Waals surface area (Å²) in [6.07, 6.45) is 1.48. The van der Waals surface area contributed by atoms with Crippen LogP contribution in [-0.2, 0) is 0 Å². The van der Waals surface area contributed by atoms with E-state index in [1.807, 2.05) is 0 Å². The van der Waals surface area contributed by atoms with Crippen LogP contribution in [0, 0.1) is 13.8 Å². The SMILES string of the molecule is CCOc1cc(/C=N\Nc2nc(C)c(C)c(=O)[nH]2)cc(Cl)c1O. The molecule has 0 aliphatic rings. The second kappa shape index (κ2) is 7.15. The number of nitrogens with zero attached hydrogens (tertiary/aromatic N) is 2. The molecule has 0 unspecified atom stereocenters. The summed E-state index contributed by atoms with van der Waals surface area (Å²) in [5.41, 5.74) is 4.23. The number of H-pyrrole nitrogens is 1. The molecule has 7 nitrogen and oxygen atoms in total. The lowest BCUT2D eigenvalue weighted by molar-refractivity contribution is 0.318. The Kier molecular flexibility index (Phi) is 5.23. The van der Waals surface area contributed by atoms with Gasteiger partial charge in [-0.2, -0.15) is 5.10 Å². The van der Waals surface area contributed by atoms with Crippen LogP contribution < -0.4 is 15.7 Å². The van der Waals surface area contributed by atoms with Gasteiger partial charge in [0.1, 0.15) is 0 Å². The Labute approximate surface area is 138 Å². The average Bonchev–Trinajstić information content (AvgIpc) is 2.50. The first kappa shape index (κ1) is 16.8. The van der Waals surface area contributed by atoms with Crippen molar-refractivity contribution in [1.29, 1.82) is 0 Å². The number of hydrogen-bond acceptors (Lipinski definition) is 6. The van der Waals surface area contributed by atoms with Gasteiger partial charge >= 0.3 is 0 Å². The van der Waals surface area contributed by atoms with E-state index < -0.39 is 0 Å². The molecule has 0 aliphatic heterocycles. The third-order valence-electron chi connectivity index (χ3n) is 3.13. The Balaban J connectivity index is 2.19. The van der Waals surface area contributed by atoms with Crippen LogP contribution in [0.4, 0.5) is 5.95 Å². The number of anilines is 1. The molecular formula is C15H17ClN4O3. The molecule has 0 radical (unpaired) electrons. The molecule has 0 saturated heterocycles. The predicted octanol–water partition coefficient (Wildman–Crippen LogP) is 2.59. The van der Waals surface area contributed by atoms with Gasteiger partial charge in [-0.15, -0.1) is 0 Å². The highest BCUT2D eigenvalue weighted by atomic mass is 35.5. The fourth-order valence-corrected chi connectivity index (χ4v) is 2.02. The van der Waals surface area contributed by atoms with Crippen LogP contribution in [0.2, 0.25) is 5.02 Å². The van der Waals surface area contributed by atoms with E-state index in [2.05, 4.69) is 20.5 Å². The predicted molar refractivity (Wildman–Crippen MR) is 89.8 cm³/mol. The van der Waals surface area contributed by atoms with Gasteiger partial charge in [-0.3, -0.25) is 9.78 Å². The van der Waals surface area contributed by atoms with Crippen LogP contribution in [0.1, 0.15) is 23.7 Å². The normalized spacial score (nSPS) is 11.0.